The predicted octanol–water partition coefficient (Wildman–Crippen LogP) is -1.38. The molecule has 0 aromatic heterocycles. The molecule has 0 radical (unpaired) electrons. The van der Waals surface area contributed by atoms with E-state index in [1.807, 2.05) is 6.92 Å². The Morgan fingerprint density at radius 3 is 2.91 bits per heavy atom. The Hall–Kier alpha value is -0.650. The van der Waals surface area contributed by atoms with Crippen LogP contribution in [0.1, 0.15) is 6.92 Å². The quantitative estimate of drug-likeness (QED) is 0.332. The highest BCUT2D eigenvalue weighted by atomic mass is 16.6. The Kier molecular flexibility index (Phi) is 5.73. The maximum atomic E-state index is 10.1. The second kappa shape index (κ2) is 6.09. The summed E-state index contributed by atoms with van der Waals surface area (Å²) in [6.45, 7) is 2.30. The summed E-state index contributed by atoms with van der Waals surface area (Å²) in [6.07, 6.45) is 0. The van der Waals surface area contributed by atoms with Crippen molar-refractivity contribution < 1.29 is 14.7 Å². The third-order valence-corrected chi connectivity index (χ3v) is 1.06. The first-order valence-corrected chi connectivity index (χ1v) is 3.40. The monoisotopic (exact) mass is 162 g/mol. The largest absolute Gasteiger partial charge is 0.396 e. The average molecular weight is 162 g/mol. The molecule has 0 saturated heterocycles. The van der Waals surface area contributed by atoms with E-state index in [1.54, 1.807) is 0 Å². The molecule has 5 heteroatoms. The lowest BCUT2D eigenvalue weighted by Gasteiger charge is -2.07. The van der Waals surface area contributed by atoms with E-state index in [0.717, 1.165) is 0 Å². The third kappa shape index (κ3) is 7.24. The zero-order valence-corrected chi connectivity index (χ0v) is 6.54. The molecule has 0 aromatic carbocycles. The van der Waals surface area contributed by atoms with Gasteiger partial charge in [-0.1, -0.05) is 6.92 Å². The molecule has 0 aliphatic heterocycles. The molecule has 0 heterocycles. The highest BCUT2D eigenvalue weighted by molar-refractivity contribution is 5.74. The maximum Gasteiger partial charge on any atom is 0.245 e. The molecule has 0 rings (SSSR count). The van der Waals surface area contributed by atoms with Gasteiger partial charge in [0.2, 0.25) is 5.91 Å². The van der Waals surface area contributed by atoms with Crippen molar-refractivity contribution in [3.8, 4) is 0 Å². The number of carbonyl (C=O) groups excluding carboxylic acids is 1. The Balaban J connectivity index is 3.08. The lowest BCUT2D eigenvalue weighted by atomic mass is 10.2. The number of amides is 1. The summed E-state index contributed by atoms with van der Waals surface area (Å²) < 4.78 is 0. The normalized spacial score (nSPS) is 12.9. The molecule has 11 heavy (non-hydrogen) atoms. The summed E-state index contributed by atoms with van der Waals surface area (Å²) >= 11 is 0. The molecule has 1 atom stereocenters. The van der Waals surface area contributed by atoms with E-state index in [-0.39, 0.29) is 19.1 Å². The van der Waals surface area contributed by atoms with Crippen LogP contribution in [0.5, 0.6) is 0 Å². The van der Waals surface area contributed by atoms with Gasteiger partial charge in [0.25, 0.3) is 0 Å². The first kappa shape index (κ1) is 10.3. The van der Waals surface area contributed by atoms with Gasteiger partial charge in [-0.25, -0.2) is 5.48 Å². The van der Waals surface area contributed by atoms with Crippen LogP contribution in [0.15, 0.2) is 0 Å². The van der Waals surface area contributed by atoms with Gasteiger partial charge in [0, 0.05) is 13.2 Å². The van der Waals surface area contributed by atoms with Gasteiger partial charge >= 0.3 is 0 Å². The zero-order valence-electron chi connectivity index (χ0n) is 6.54. The molecule has 66 valence electrons. The topological polar surface area (TPSA) is 84.6 Å². The number of hydrogen-bond donors (Lipinski definition) is 3. The summed E-state index contributed by atoms with van der Waals surface area (Å²) in [7, 11) is 0. The van der Waals surface area contributed by atoms with E-state index < -0.39 is 5.91 Å². The highest BCUT2D eigenvalue weighted by Crippen LogP contribution is 1.87. The van der Waals surface area contributed by atoms with Gasteiger partial charge in [-0.15, -0.1) is 0 Å². The Labute approximate surface area is 65.5 Å². The average Bonchev–Trinajstić information content (AvgIpc) is 1.97. The molecule has 0 aliphatic carbocycles. The van der Waals surface area contributed by atoms with Crippen molar-refractivity contribution in [1.29, 1.82) is 0 Å². The number of hydrogen-bond acceptors (Lipinski definition) is 4. The van der Waals surface area contributed by atoms with Crippen molar-refractivity contribution in [1.82, 2.24) is 5.48 Å². The Morgan fingerprint density at radius 1 is 1.82 bits per heavy atom. The van der Waals surface area contributed by atoms with Gasteiger partial charge in [0.15, 0.2) is 0 Å². The number of nitrogens with one attached hydrogen (secondary N) is 1. The molecule has 5 nitrogen and oxygen atoms in total. The van der Waals surface area contributed by atoms with E-state index in [1.165, 1.54) is 0 Å². The summed E-state index contributed by atoms with van der Waals surface area (Å²) in [6, 6.07) is 0. The number of carbonyl (C=O) groups is 1. The van der Waals surface area contributed by atoms with Crippen LogP contribution in [0.3, 0.4) is 0 Å². The van der Waals surface area contributed by atoms with Gasteiger partial charge in [0.05, 0.1) is 0 Å². The summed E-state index contributed by atoms with van der Waals surface area (Å²) in [5.41, 5.74) is 7.30. The van der Waals surface area contributed by atoms with Crippen LogP contribution in [0.2, 0.25) is 0 Å². The second-order valence-electron chi connectivity index (χ2n) is 2.39. The summed E-state index contributed by atoms with van der Waals surface area (Å²) in [5.74, 6) is -0.406. The maximum absolute atomic E-state index is 10.1. The van der Waals surface area contributed by atoms with Crippen molar-refractivity contribution in [2.45, 2.75) is 6.92 Å². The molecular formula is C6H14N2O3. The van der Waals surface area contributed by atoms with Gasteiger partial charge in [-0.2, -0.15) is 0 Å². The van der Waals surface area contributed by atoms with Crippen molar-refractivity contribution in [2.75, 3.05) is 19.8 Å². The fourth-order valence-corrected chi connectivity index (χ4v) is 0.388. The van der Waals surface area contributed by atoms with E-state index >= 15 is 0 Å². The molecule has 4 N–H and O–H groups in total. The lowest BCUT2D eigenvalue weighted by molar-refractivity contribution is -0.125. The molecule has 0 spiro atoms. The van der Waals surface area contributed by atoms with Crippen molar-refractivity contribution in [3.05, 3.63) is 0 Å². The summed E-state index contributed by atoms with van der Waals surface area (Å²) in [5, 5.41) is 8.56. The molecule has 1 amide bonds. The molecule has 0 fully saturated rings. The number of aliphatic hydroxyl groups is 1. The number of rotatable bonds is 6. The van der Waals surface area contributed by atoms with E-state index in [0.29, 0.717) is 6.54 Å². The number of hydroxylamine groups is 1. The minimum Gasteiger partial charge on any atom is -0.396 e. The molecule has 0 saturated carbocycles. The van der Waals surface area contributed by atoms with Gasteiger partial charge in [0.1, 0.15) is 6.61 Å². The minimum absolute atomic E-state index is 0.0902. The van der Waals surface area contributed by atoms with Crippen molar-refractivity contribution >= 4 is 5.91 Å². The number of nitrogens with two attached hydrogens (primary N) is 1. The van der Waals surface area contributed by atoms with Crippen LogP contribution in [0, 0.1) is 5.92 Å². The fraction of sp³-hybridized carbons (Fsp3) is 0.833. The highest BCUT2D eigenvalue weighted by Gasteiger charge is 1.99. The smallest absolute Gasteiger partial charge is 0.245 e. The van der Waals surface area contributed by atoms with Gasteiger partial charge in [-0.05, 0) is 5.92 Å². The standard InChI is InChI=1S/C6H14N2O3/c1-5(3-9)2-8-11-4-6(7)10/h5,8-9H,2-4H2,1H3,(H2,7,10). The predicted molar refractivity (Wildman–Crippen MR) is 39.4 cm³/mol. The van der Waals surface area contributed by atoms with Gasteiger partial charge < -0.3 is 10.8 Å². The molecule has 0 aliphatic rings. The van der Waals surface area contributed by atoms with E-state index in [4.69, 9.17) is 10.8 Å². The number of aliphatic hydroxyl groups excluding tert-OH is 1. The second-order valence-corrected chi connectivity index (χ2v) is 2.39. The first-order valence-electron chi connectivity index (χ1n) is 3.40. The zero-order chi connectivity index (χ0) is 8.69. The van der Waals surface area contributed by atoms with Crippen LogP contribution in [0.4, 0.5) is 0 Å². The lowest BCUT2D eigenvalue weighted by Crippen LogP contribution is -2.28. The Morgan fingerprint density at radius 2 is 2.45 bits per heavy atom. The Bertz CT molecular complexity index is 118. The third-order valence-electron chi connectivity index (χ3n) is 1.06. The molecule has 1 unspecified atom stereocenters. The minimum atomic E-state index is -0.519. The molecule has 0 aromatic rings. The van der Waals surface area contributed by atoms with Crippen LogP contribution < -0.4 is 11.2 Å². The number of primary amides is 1. The molecular weight excluding hydrogens is 148 g/mol. The first-order chi connectivity index (χ1) is 5.16. The van der Waals surface area contributed by atoms with Crippen LogP contribution in [-0.2, 0) is 9.63 Å². The van der Waals surface area contributed by atoms with Crippen molar-refractivity contribution in [3.63, 3.8) is 0 Å². The van der Waals surface area contributed by atoms with Gasteiger partial charge in [-0.3, -0.25) is 9.63 Å². The van der Waals surface area contributed by atoms with E-state index in [2.05, 4.69) is 10.3 Å². The molecule has 0 bridgehead atoms. The van der Waals surface area contributed by atoms with E-state index in [9.17, 15) is 4.79 Å². The summed E-state index contributed by atoms with van der Waals surface area (Å²) in [4.78, 5) is 14.8. The SMILES string of the molecule is CC(CO)CNOCC(N)=O. The van der Waals surface area contributed by atoms with Crippen LogP contribution >= 0.6 is 0 Å². The van der Waals surface area contributed by atoms with Crippen LogP contribution in [0.25, 0.3) is 0 Å². The van der Waals surface area contributed by atoms with Crippen LogP contribution in [-0.4, -0.2) is 30.8 Å². The fourth-order valence-electron chi connectivity index (χ4n) is 0.388. The van der Waals surface area contributed by atoms with Crippen molar-refractivity contribution in [2.24, 2.45) is 11.7 Å².